The van der Waals surface area contributed by atoms with Crippen molar-refractivity contribution < 1.29 is 13.2 Å². The number of hydrogen-bond donors (Lipinski definition) is 1. The van der Waals surface area contributed by atoms with Gasteiger partial charge in [-0.2, -0.15) is 0 Å². The SMILES string of the molecule is CCCCNC(=O)c1cc(C)cc(S(=O)(=O)Cl)c1. The van der Waals surface area contributed by atoms with Gasteiger partial charge in [-0.3, -0.25) is 4.79 Å². The van der Waals surface area contributed by atoms with Crippen LogP contribution in [0.2, 0.25) is 0 Å². The number of carbonyl (C=O) groups is 1. The summed E-state index contributed by atoms with van der Waals surface area (Å²) < 4.78 is 22.5. The highest BCUT2D eigenvalue weighted by Crippen LogP contribution is 2.18. The van der Waals surface area contributed by atoms with E-state index in [0.717, 1.165) is 12.8 Å². The molecule has 0 aliphatic carbocycles. The lowest BCUT2D eigenvalue weighted by atomic mass is 10.1. The van der Waals surface area contributed by atoms with E-state index in [4.69, 9.17) is 10.7 Å². The maximum atomic E-state index is 11.8. The number of rotatable bonds is 5. The second kappa shape index (κ2) is 6.20. The molecule has 1 amide bonds. The Kier molecular flexibility index (Phi) is 5.16. The molecular formula is C12H16ClNO3S. The Hall–Kier alpha value is -1.07. The Balaban J connectivity index is 2.96. The summed E-state index contributed by atoms with van der Waals surface area (Å²) in [7, 11) is 1.46. The van der Waals surface area contributed by atoms with E-state index >= 15 is 0 Å². The summed E-state index contributed by atoms with van der Waals surface area (Å²) in [6.07, 6.45) is 1.87. The first kappa shape index (κ1) is 15.0. The third-order valence-corrected chi connectivity index (χ3v) is 3.74. The molecule has 0 atom stereocenters. The van der Waals surface area contributed by atoms with Crippen molar-refractivity contribution in [1.82, 2.24) is 5.32 Å². The van der Waals surface area contributed by atoms with Crippen molar-refractivity contribution in [2.24, 2.45) is 0 Å². The number of amides is 1. The molecule has 1 rings (SSSR count). The van der Waals surface area contributed by atoms with E-state index in [0.29, 0.717) is 17.7 Å². The first-order valence-electron chi connectivity index (χ1n) is 5.69. The lowest BCUT2D eigenvalue weighted by molar-refractivity contribution is 0.0953. The molecule has 4 nitrogen and oxygen atoms in total. The van der Waals surface area contributed by atoms with Crippen molar-refractivity contribution in [3.63, 3.8) is 0 Å². The lowest BCUT2D eigenvalue weighted by Gasteiger charge is -2.07. The van der Waals surface area contributed by atoms with Crippen LogP contribution in [-0.4, -0.2) is 20.9 Å². The average Bonchev–Trinajstić information content (AvgIpc) is 2.27. The number of nitrogens with one attached hydrogen (secondary N) is 1. The van der Waals surface area contributed by atoms with Gasteiger partial charge in [0.05, 0.1) is 4.90 Å². The minimum atomic E-state index is -3.81. The molecule has 0 aliphatic heterocycles. The van der Waals surface area contributed by atoms with Crippen LogP contribution in [-0.2, 0) is 9.05 Å². The zero-order chi connectivity index (χ0) is 13.8. The molecule has 18 heavy (non-hydrogen) atoms. The van der Waals surface area contributed by atoms with Crippen molar-refractivity contribution >= 4 is 25.6 Å². The number of aryl methyl sites for hydroxylation is 1. The smallest absolute Gasteiger partial charge is 0.261 e. The highest BCUT2D eigenvalue weighted by atomic mass is 35.7. The molecule has 0 saturated heterocycles. The van der Waals surface area contributed by atoms with E-state index in [1.807, 2.05) is 6.92 Å². The maximum absolute atomic E-state index is 11.8. The molecule has 0 unspecified atom stereocenters. The van der Waals surface area contributed by atoms with E-state index in [1.165, 1.54) is 12.1 Å². The molecule has 0 aromatic heterocycles. The van der Waals surface area contributed by atoms with Gasteiger partial charge < -0.3 is 5.32 Å². The molecule has 0 heterocycles. The molecule has 0 spiro atoms. The summed E-state index contributed by atoms with van der Waals surface area (Å²) in [6.45, 7) is 4.32. The first-order valence-corrected chi connectivity index (χ1v) is 8.00. The largest absolute Gasteiger partial charge is 0.352 e. The Morgan fingerprint density at radius 1 is 1.33 bits per heavy atom. The minimum Gasteiger partial charge on any atom is -0.352 e. The molecule has 0 fully saturated rings. The minimum absolute atomic E-state index is 0.0511. The third-order valence-electron chi connectivity index (χ3n) is 2.41. The van der Waals surface area contributed by atoms with Gasteiger partial charge in [0.25, 0.3) is 15.0 Å². The second-order valence-electron chi connectivity index (χ2n) is 4.08. The van der Waals surface area contributed by atoms with Crippen LogP contribution in [0.3, 0.4) is 0 Å². The second-order valence-corrected chi connectivity index (χ2v) is 6.65. The van der Waals surface area contributed by atoms with E-state index in [2.05, 4.69) is 5.32 Å². The number of carbonyl (C=O) groups excluding carboxylic acids is 1. The van der Waals surface area contributed by atoms with Crippen LogP contribution in [0, 0.1) is 6.92 Å². The summed E-state index contributed by atoms with van der Waals surface area (Å²) >= 11 is 0. The molecule has 0 aliphatic rings. The van der Waals surface area contributed by atoms with E-state index in [-0.39, 0.29) is 10.8 Å². The molecular weight excluding hydrogens is 274 g/mol. The van der Waals surface area contributed by atoms with Crippen LogP contribution in [0.15, 0.2) is 23.1 Å². The van der Waals surface area contributed by atoms with Gasteiger partial charge in [0.2, 0.25) is 0 Å². The number of hydrogen-bond acceptors (Lipinski definition) is 3. The number of benzene rings is 1. The molecule has 0 radical (unpaired) electrons. The fraction of sp³-hybridized carbons (Fsp3) is 0.417. The molecule has 1 aromatic carbocycles. The van der Waals surface area contributed by atoms with Crippen LogP contribution < -0.4 is 5.32 Å². The van der Waals surface area contributed by atoms with Crippen LogP contribution in [0.25, 0.3) is 0 Å². The van der Waals surface area contributed by atoms with E-state index in [1.54, 1.807) is 13.0 Å². The van der Waals surface area contributed by atoms with Crippen LogP contribution >= 0.6 is 10.7 Å². The zero-order valence-corrected chi connectivity index (χ0v) is 11.9. The zero-order valence-electron chi connectivity index (χ0n) is 10.4. The Labute approximate surface area is 112 Å². The van der Waals surface area contributed by atoms with Gasteiger partial charge in [0.1, 0.15) is 0 Å². The Morgan fingerprint density at radius 3 is 2.56 bits per heavy atom. The molecule has 100 valence electrons. The maximum Gasteiger partial charge on any atom is 0.261 e. The predicted octanol–water partition coefficient (Wildman–Crippen LogP) is 2.45. The van der Waals surface area contributed by atoms with Crippen molar-refractivity contribution in [3.05, 3.63) is 29.3 Å². The first-order chi connectivity index (χ1) is 8.34. The Morgan fingerprint density at radius 2 is 2.00 bits per heavy atom. The highest BCUT2D eigenvalue weighted by Gasteiger charge is 2.14. The predicted molar refractivity (Wildman–Crippen MR) is 71.5 cm³/mol. The summed E-state index contributed by atoms with van der Waals surface area (Å²) in [5, 5.41) is 2.73. The molecule has 1 aromatic rings. The van der Waals surface area contributed by atoms with Crippen molar-refractivity contribution in [1.29, 1.82) is 0 Å². The van der Waals surface area contributed by atoms with Gasteiger partial charge in [-0.05, 0) is 37.1 Å². The quantitative estimate of drug-likeness (QED) is 0.669. The summed E-state index contributed by atoms with van der Waals surface area (Å²) in [4.78, 5) is 11.8. The number of halogens is 1. The number of unbranched alkanes of at least 4 members (excludes halogenated alkanes) is 1. The summed E-state index contributed by atoms with van der Waals surface area (Å²) in [5.74, 6) is -0.284. The monoisotopic (exact) mass is 289 g/mol. The highest BCUT2D eigenvalue weighted by molar-refractivity contribution is 8.13. The molecule has 0 saturated carbocycles. The van der Waals surface area contributed by atoms with Gasteiger partial charge >= 0.3 is 0 Å². The fourth-order valence-electron chi connectivity index (χ4n) is 1.50. The van der Waals surface area contributed by atoms with Crippen molar-refractivity contribution in [2.75, 3.05) is 6.54 Å². The van der Waals surface area contributed by atoms with Gasteiger partial charge in [-0.1, -0.05) is 13.3 Å². The van der Waals surface area contributed by atoms with Gasteiger partial charge in [0.15, 0.2) is 0 Å². The van der Waals surface area contributed by atoms with Crippen LogP contribution in [0.1, 0.15) is 35.7 Å². The van der Waals surface area contributed by atoms with Gasteiger partial charge in [0, 0.05) is 22.8 Å². The summed E-state index contributed by atoms with van der Waals surface area (Å²) in [6, 6.07) is 4.36. The van der Waals surface area contributed by atoms with Crippen LogP contribution in [0.4, 0.5) is 0 Å². The fourth-order valence-corrected chi connectivity index (χ4v) is 2.36. The average molecular weight is 290 g/mol. The lowest BCUT2D eigenvalue weighted by Crippen LogP contribution is -2.24. The van der Waals surface area contributed by atoms with Gasteiger partial charge in [-0.15, -0.1) is 0 Å². The normalized spacial score (nSPS) is 11.3. The molecule has 1 N–H and O–H groups in total. The molecule has 0 bridgehead atoms. The van der Waals surface area contributed by atoms with Crippen molar-refractivity contribution in [2.45, 2.75) is 31.6 Å². The van der Waals surface area contributed by atoms with Gasteiger partial charge in [-0.25, -0.2) is 8.42 Å². The molecule has 6 heteroatoms. The van der Waals surface area contributed by atoms with E-state index in [9.17, 15) is 13.2 Å². The Bertz CT molecular complexity index is 540. The van der Waals surface area contributed by atoms with Crippen molar-refractivity contribution in [3.8, 4) is 0 Å². The summed E-state index contributed by atoms with van der Waals surface area (Å²) in [5.41, 5.74) is 0.989. The van der Waals surface area contributed by atoms with E-state index < -0.39 is 9.05 Å². The third kappa shape index (κ3) is 4.31. The standard InChI is InChI=1S/C12H16ClNO3S/c1-3-4-5-14-12(15)10-6-9(2)7-11(8-10)18(13,16)17/h6-8H,3-5H2,1-2H3,(H,14,15). The van der Waals surface area contributed by atoms with Crippen LogP contribution in [0.5, 0.6) is 0 Å². The topological polar surface area (TPSA) is 63.2 Å².